The van der Waals surface area contributed by atoms with E-state index >= 15 is 0 Å². The number of amides is 1. The summed E-state index contributed by atoms with van der Waals surface area (Å²) in [6.45, 7) is 0.214. The SMILES string of the molecule is Cn1cnc(CNC(=O)c2cc(Br)ccc2O)n1. The molecule has 0 spiro atoms. The minimum atomic E-state index is -0.374. The van der Waals surface area contributed by atoms with Crippen molar-refractivity contribution in [2.75, 3.05) is 0 Å². The van der Waals surface area contributed by atoms with E-state index in [-0.39, 0.29) is 23.8 Å². The molecule has 1 heterocycles. The molecule has 0 fully saturated rings. The van der Waals surface area contributed by atoms with Crippen LogP contribution < -0.4 is 5.32 Å². The topological polar surface area (TPSA) is 80.0 Å². The van der Waals surface area contributed by atoms with Gasteiger partial charge in [-0.05, 0) is 18.2 Å². The van der Waals surface area contributed by atoms with Crippen LogP contribution in [-0.4, -0.2) is 25.8 Å². The Kier molecular flexibility index (Phi) is 3.61. The number of hydrogen-bond acceptors (Lipinski definition) is 4. The van der Waals surface area contributed by atoms with Crippen LogP contribution in [-0.2, 0) is 13.6 Å². The zero-order chi connectivity index (χ0) is 13.1. The second kappa shape index (κ2) is 5.18. The van der Waals surface area contributed by atoms with Gasteiger partial charge in [-0.2, -0.15) is 5.10 Å². The number of phenols is 1. The molecule has 0 saturated heterocycles. The lowest BCUT2D eigenvalue weighted by Crippen LogP contribution is -2.23. The highest BCUT2D eigenvalue weighted by atomic mass is 79.9. The molecule has 0 aliphatic rings. The van der Waals surface area contributed by atoms with Crippen molar-refractivity contribution in [3.8, 4) is 5.75 Å². The maximum atomic E-state index is 11.8. The fourth-order valence-corrected chi connectivity index (χ4v) is 1.77. The Hall–Kier alpha value is -1.89. The Morgan fingerprint density at radius 3 is 3.00 bits per heavy atom. The highest BCUT2D eigenvalue weighted by Crippen LogP contribution is 2.21. The number of aromatic hydroxyl groups is 1. The van der Waals surface area contributed by atoms with E-state index in [4.69, 9.17) is 0 Å². The highest BCUT2D eigenvalue weighted by Gasteiger charge is 2.12. The molecule has 0 radical (unpaired) electrons. The summed E-state index contributed by atoms with van der Waals surface area (Å²) in [5.41, 5.74) is 0.209. The number of carbonyl (C=O) groups is 1. The summed E-state index contributed by atoms with van der Waals surface area (Å²) in [7, 11) is 1.75. The molecule has 0 bridgehead atoms. The number of aryl methyl sites for hydroxylation is 1. The first-order valence-corrected chi connectivity index (χ1v) is 5.97. The molecule has 2 aromatic rings. The quantitative estimate of drug-likeness (QED) is 0.893. The molecular formula is C11H11BrN4O2. The van der Waals surface area contributed by atoms with Gasteiger partial charge in [0.1, 0.15) is 12.1 Å². The van der Waals surface area contributed by atoms with E-state index in [1.165, 1.54) is 6.07 Å². The van der Waals surface area contributed by atoms with Crippen LogP contribution >= 0.6 is 15.9 Å². The third kappa shape index (κ3) is 2.86. The molecule has 1 aromatic heterocycles. The van der Waals surface area contributed by atoms with Gasteiger partial charge in [-0.25, -0.2) is 4.98 Å². The number of benzene rings is 1. The molecule has 2 rings (SSSR count). The second-order valence-electron chi connectivity index (χ2n) is 3.68. The summed E-state index contributed by atoms with van der Waals surface area (Å²) in [5.74, 6) is 0.0752. The molecule has 0 aliphatic heterocycles. The molecule has 1 amide bonds. The van der Waals surface area contributed by atoms with Crippen molar-refractivity contribution in [1.82, 2.24) is 20.1 Å². The minimum absolute atomic E-state index is 0.0651. The predicted molar refractivity (Wildman–Crippen MR) is 68.0 cm³/mol. The van der Waals surface area contributed by atoms with Crippen LogP contribution in [0.2, 0.25) is 0 Å². The van der Waals surface area contributed by atoms with Gasteiger partial charge in [0, 0.05) is 11.5 Å². The molecule has 94 valence electrons. The van der Waals surface area contributed by atoms with E-state index in [1.54, 1.807) is 30.2 Å². The number of carbonyl (C=O) groups excluding carboxylic acids is 1. The van der Waals surface area contributed by atoms with Crippen molar-refractivity contribution in [3.05, 3.63) is 40.4 Å². The van der Waals surface area contributed by atoms with E-state index in [0.29, 0.717) is 5.82 Å². The number of nitrogens with zero attached hydrogens (tertiary/aromatic N) is 3. The summed E-state index contributed by atoms with van der Waals surface area (Å²) in [4.78, 5) is 15.8. The number of nitrogens with one attached hydrogen (secondary N) is 1. The number of rotatable bonds is 3. The molecule has 6 nitrogen and oxygen atoms in total. The van der Waals surface area contributed by atoms with Crippen LogP contribution in [0.5, 0.6) is 5.75 Å². The summed E-state index contributed by atoms with van der Waals surface area (Å²) in [6, 6.07) is 4.67. The molecule has 1 aromatic carbocycles. The third-order valence-electron chi connectivity index (χ3n) is 2.26. The largest absolute Gasteiger partial charge is 0.507 e. The first kappa shape index (κ1) is 12.6. The lowest BCUT2D eigenvalue weighted by Gasteiger charge is -2.05. The van der Waals surface area contributed by atoms with Crippen LogP contribution in [0.3, 0.4) is 0 Å². The van der Waals surface area contributed by atoms with Crippen molar-refractivity contribution < 1.29 is 9.90 Å². The van der Waals surface area contributed by atoms with Gasteiger partial charge in [-0.15, -0.1) is 0 Å². The molecule has 0 saturated carbocycles. The summed E-state index contributed by atoms with van der Waals surface area (Å²) in [5, 5.41) is 16.3. The van der Waals surface area contributed by atoms with E-state index in [1.807, 2.05) is 0 Å². The second-order valence-corrected chi connectivity index (χ2v) is 4.59. The summed E-state index contributed by atoms with van der Waals surface area (Å²) in [6.07, 6.45) is 1.55. The first-order valence-electron chi connectivity index (χ1n) is 5.17. The van der Waals surface area contributed by atoms with Gasteiger partial charge in [0.05, 0.1) is 12.1 Å². The van der Waals surface area contributed by atoms with Gasteiger partial charge < -0.3 is 10.4 Å². The van der Waals surface area contributed by atoms with Crippen molar-refractivity contribution in [2.24, 2.45) is 7.05 Å². The number of aromatic nitrogens is 3. The van der Waals surface area contributed by atoms with E-state index < -0.39 is 0 Å². The molecule has 2 N–H and O–H groups in total. The van der Waals surface area contributed by atoms with E-state index in [0.717, 1.165) is 4.47 Å². The molecular weight excluding hydrogens is 300 g/mol. The Labute approximate surface area is 112 Å². The average Bonchev–Trinajstić information content (AvgIpc) is 2.75. The molecule has 0 aliphatic carbocycles. The predicted octanol–water partition coefficient (Wildman–Crippen LogP) is 1.21. The van der Waals surface area contributed by atoms with Gasteiger partial charge in [0.2, 0.25) is 0 Å². The molecule has 18 heavy (non-hydrogen) atoms. The van der Waals surface area contributed by atoms with Gasteiger partial charge in [0.15, 0.2) is 5.82 Å². The van der Waals surface area contributed by atoms with Crippen LogP contribution in [0.4, 0.5) is 0 Å². The lowest BCUT2D eigenvalue weighted by atomic mass is 10.2. The smallest absolute Gasteiger partial charge is 0.255 e. The number of hydrogen-bond donors (Lipinski definition) is 2. The van der Waals surface area contributed by atoms with Gasteiger partial charge in [-0.1, -0.05) is 15.9 Å². The normalized spacial score (nSPS) is 10.3. The standard InChI is InChI=1S/C11H11BrN4O2/c1-16-6-14-10(15-16)5-13-11(18)8-4-7(12)2-3-9(8)17/h2-4,6,17H,5H2,1H3,(H,13,18). The Bertz CT molecular complexity index is 582. The molecule has 0 unspecified atom stereocenters. The lowest BCUT2D eigenvalue weighted by molar-refractivity contribution is 0.0947. The highest BCUT2D eigenvalue weighted by molar-refractivity contribution is 9.10. The zero-order valence-corrected chi connectivity index (χ0v) is 11.2. The van der Waals surface area contributed by atoms with Gasteiger partial charge in [-0.3, -0.25) is 9.48 Å². The first-order chi connectivity index (χ1) is 8.56. The van der Waals surface area contributed by atoms with Crippen molar-refractivity contribution >= 4 is 21.8 Å². The van der Waals surface area contributed by atoms with Crippen molar-refractivity contribution in [3.63, 3.8) is 0 Å². The maximum absolute atomic E-state index is 11.8. The average molecular weight is 311 g/mol. The summed E-state index contributed by atoms with van der Waals surface area (Å²) >= 11 is 3.24. The van der Waals surface area contributed by atoms with Crippen LogP contribution in [0.25, 0.3) is 0 Å². The molecule has 0 atom stereocenters. The number of phenolic OH excluding ortho intramolecular Hbond substituents is 1. The fraction of sp³-hybridized carbons (Fsp3) is 0.182. The van der Waals surface area contributed by atoms with Crippen molar-refractivity contribution in [2.45, 2.75) is 6.54 Å². The number of halogens is 1. The van der Waals surface area contributed by atoms with Crippen LogP contribution in [0.1, 0.15) is 16.2 Å². The van der Waals surface area contributed by atoms with Gasteiger partial charge >= 0.3 is 0 Å². The van der Waals surface area contributed by atoms with E-state index in [9.17, 15) is 9.90 Å². The zero-order valence-electron chi connectivity index (χ0n) is 9.59. The monoisotopic (exact) mass is 310 g/mol. The maximum Gasteiger partial charge on any atom is 0.255 e. The Morgan fingerprint density at radius 1 is 1.56 bits per heavy atom. The van der Waals surface area contributed by atoms with E-state index in [2.05, 4.69) is 31.3 Å². The van der Waals surface area contributed by atoms with Crippen molar-refractivity contribution in [1.29, 1.82) is 0 Å². The Morgan fingerprint density at radius 2 is 2.33 bits per heavy atom. The Balaban J connectivity index is 2.05. The van der Waals surface area contributed by atoms with Crippen LogP contribution in [0, 0.1) is 0 Å². The summed E-state index contributed by atoms with van der Waals surface area (Å²) < 4.78 is 2.28. The molecule has 7 heteroatoms. The van der Waals surface area contributed by atoms with Gasteiger partial charge in [0.25, 0.3) is 5.91 Å². The van der Waals surface area contributed by atoms with Crippen LogP contribution in [0.15, 0.2) is 29.0 Å². The fourth-order valence-electron chi connectivity index (χ4n) is 1.41. The minimum Gasteiger partial charge on any atom is -0.507 e. The third-order valence-corrected chi connectivity index (χ3v) is 2.75.